The van der Waals surface area contributed by atoms with Crippen LogP contribution in [0.4, 0.5) is 5.69 Å². The summed E-state index contributed by atoms with van der Waals surface area (Å²) in [5, 5.41) is 7.47. The third-order valence-electron chi connectivity index (χ3n) is 4.13. The van der Waals surface area contributed by atoms with Crippen LogP contribution < -0.4 is 25.0 Å². The predicted molar refractivity (Wildman–Crippen MR) is 124 cm³/mol. The number of nitrogens with zero attached hydrogens (tertiary/aromatic N) is 1. The Labute approximate surface area is 185 Å². The number of methoxy groups -OCH3 is 2. The van der Waals surface area contributed by atoms with Crippen LogP contribution in [-0.2, 0) is 0 Å². The summed E-state index contributed by atoms with van der Waals surface area (Å²) in [7, 11) is 3.11. The molecule has 0 bridgehead atoms. The Balaban J connectivity index is 1.59. The first-order chi connectivity index (χ1) is 15.1. The van der Waals surface area contributed by atoms with Crippen LogP contribution in [0, 0.1) is 0 Å². The van der Waals surface area contributed by atoms with Crippen molar-refractivity contribution in [2.24, 2.45) is 5.10 Å². The Bertz CT molecular complexity index is 1070. The molecule has 2 N–H and O–H groups in total. The van der Waals surface area contributed by atoms with Gasteiger partial charge in [0.15, 0.2) is 16.6 Å². The van der Waals surface area contributed by atoms with Gasteiger partial charge in [-0.15, -0.1) is 0 Å². The van der Waals surface area contributed by atoms with Gasteiger partial charge in [0.1, 0.15) is 5.75 Å². The fourth-order valence-corrected chi connectivity index (χ4v) is 2.75. The van der Waals surface area contributed by atoms with Crippen LogP contribution in [0.15, 0.2) is 77.9 Å². The molecule has 3 aromatic carbocycles. The Morgan fingerprint density at radius 1 is 0.935 bits per heavy atom. The largest absolute Gasteiger partial charge is 0.497 e. The molecule has 0 radical (unpaired) electrons. The average molecular weight is 436 g/mol. The molecular weight excluding hydrogens is 414 g/mol. The van der Waals surface area contributed by atoms with Crippen LogP contribution in [0.2, 0.25) is 0 Å². The van der Waals surface area contributed by atoms with Gasteiger partial charge in [0.2, 0.25) is 0 Å². The van der Waals surface area contributed by atoms with Crippen LogP contribution in [0.1, 0.15) is 15.9 Å². The summed E-state index contributed by atoms with van der Waals surface area (Å²) < 4.78 is 15.9. The lowest BCUT2D eigenvalue weighted by Gasteiger charge is -2.10. The first-order valence-corrected chi connectivity index (χ1v) is 9.69. The zero-order valence-electron chi connectivity index (χ0n) is 17.0. The van der Waals surface area contributed by atoms with E-state index in [9.17, 15) is 4.79 Å². The average Bonchev–Trinajstić information content (AvgIpc) is 2.81. The number of hydrogen-bond donors (Lipinski definition) is 2. The molecule has 0 aliphatic carbocycles. The molecule has 3 rings (SSSR count). The number of hydrazone groups is 1. The maximum absolute atomic E-state index is 12.3. The summed E-state index contributed by atoms with van der Waals surface area (Å²) in [5.74, 6) is 1.02. The molecule has 0 amide bonds. The van der Waals surface area contributed by atoms with Gasteiger partial charge in [-0.05, 0) is 72.4 Å². The molecule has 0 heterocycles. The third-order valence-corrected chi connectivity index (χ3v) is 4.32. The maximum atomic E-state index is 12.3. The van der Waals surface area contributed by atoms with Crippen LogP contribution in [-0.4, -0.2) is 31.5 Å². The van der Waals surface area contributed by atoms with E-state index in [2.05, 4.69) is 15.8 Å². The predicted octanol–water partition coefficient (Wildman–Crippen LogP) is 4.24. The minimum atomic E-state index is -0.461. The molecule has 0 unspecified atom stereocenters. The quantitative estimate of drug-likeness (QED) is 0.189. The van der Waals surface area contributed by atoms with Crippen LogP contribution in [0.25, 0.3) is 0 Å². The highest BCUT2D eigenvalue weighted by Crippen LogP contribution is 2.28. The minimum Gasteiger partial charge on any atom is -0.497 e. The van der Waals surface area contributed by atoms with E-state index in [1.807, 2.05) is 30.3 Å². The van der Waals surface area contributed by atoms with E-state index in [0.717, 1.165) is 17.0 Å². The fraction of sp³-hybridized carbons (Fsp3) is 0.0870. The van der Waals surface area contributed by atoms with Crippen molar-refractivity contribution >= 4 is 35.2 Å². The summed E-state index contributed by atoms with van der Waals surface area (Å²) in [6.45, 7) is 0. The Kier molecular flexibility index (Phi) is 7.56. The molecule has 0 spiro atoms. The van der Waals surface area contributed by atoms with Crippen LogP contribution in [0.5, 0.6) is 17.2 Å². The molecule has 0 aromatic heterocycles. The van der Waals surface area contributed by atoms with Crippen molar-refractivity contribution in [3.8, 4) is 17.2 Å². The third kappa shape index (κ3) is 6.28. The maximum Gasteiger partial charge on any atom is 0.343 e. The van der Waals surface area contributed by atoms with E-state index < -0.39 is 5.97 Å². The molecule has 0 aliphatic heterocycles. The van der Waals surface area contributed by atoms with E-state index in [1.165, 1.54) is 7.11 Å². The number of anilines is 1. The van der Waals surface area contributed by atoms with Gasteiger partial charge >= 0.3 is 5.97 Å². The van der Waals surface area contributed by atoms with Crippen molar-refractivity contribution in [1.82, 2.24) is 5.43 Å². The van der Waals surface area contributed by atoms with Crippen molar-refractivity contribution in [3.63, 3.8) is 0 Å². The molecule has 31 heavy (non-hydrogen) atoms. The fourth-order valence-electron chi connectivity index (χ4n) is 2.58. The van der Waals surface area contributed by atoms with Crippen LogP contribution in [0.3, 0.4) is 0 Å². The molecule has 158 valence electrons. The number of nitrogens with one attached hydrogen (secondary N) is 2. The number of rotatable bonds is 7. The van der Waals surface area contributed by atoms with E-state index in [-0.39, 0.29) is 0 Å². The van der Waals surface area contributed by atoms with Gasteiger partial charge in [-0.1, -0.05) is 18.2 Å². The molecule has 7 nitrogen and oxygen atoms in total. The summed E-state index contributed by atoms with van der Waals surface area (Å²) in [6.07, 6.45) is 1.58. The molecule has 0 atom stereocenters. The van der Waals surface area contributed by atoms with E-state index in [0.29, 0.717) is 22.2 Å². The van der Waals surface area contributed by atoms with E-state index in [1.54, 1.807) is 55.8 Å². The van der Waals surface area contributed by atoms with Gasteiger partial charge < -0.3 is 19.5 Å². The minimum absolute atomic E-state index is 0.318. The molecule has 3 aromatic rings. The highest BCUT2D eigenvalue weighted by atomic mass is 32.1. The SMILES string of the molecule is COc1ccc(NC(=S)NN=Cc2ccc(OC(=O)c3ccccc3)c(OC)c2)cc1. The molecule has 0 aliphatic rings. The van der Waals surface area contributed by atoms with Gasteiger partial charge in [-0.25, -0.2) is 4.79 Å². The number of hydrogen-bond acceptors (Lipinski definition) is 6. The highest BCUT2D eigenvalue weighted by Gasteiger charge is 2.12. The van der Waals surface area contributed by atoms with Crippen LogP contribution >= 0.6 is 12.2 Å². The molecule has 8 heteroatoms. The Hall–Kier alpha value is -3.91. The monoisotopic (exact) mass is 435 g/mol. The second-order valence-corrected chi connectivity index (χ2v) is 6.63. The highest BCUT2D eigenvalue weighted by molar-refractivity contribution is 7.80. The zero-order chi connectivity index (χ0) is 22.1. The number of esters is 1. The smallest absolute Gasteiger partial charge is 0.343 e. The Morgan fingerprint density at radius 2 is 1.68 bits per heavy atom. The molecule has 0 saturated carbocycles. The standard InChI is InChI=1S/C23H21N3O4S/c1-28-19-11-9-18(10-12-19)25-23(31)26-24-15-16-8-13-20(21(14-16)29-2)30-22(27)17-6-4-3-5-7-17/h3-15H,1-2H3,(H2,25,26,31). The number of ether oxygens (including phenoxy) is 3. The first kappa shape index (κ1) is 21.8. The zero-order valence-corrected chi connectivity index (χ0v) is 17.8. The van der Waals surface area contributed by atoms with Crippen molar-refractivity contribution in [3.05, 3.63) is 83.9 Å². The van der Waals surface area contributed by atoms with E-state index in [4.69, 9.17) is 26.4 Å². The van der Waals surface area contributed by atoms with Gasteiger partial charge in [0.25, 0.3) is 0 Å². The number of carbonyl (C=O) groups is 1. The van der Waals surface area contributed by atoms with E-state index >= 15 is 0 Å². The second-order valence-electron chi connectivity index (χ2n) is 6.22. The normalized spacial score (nSPS) is 10.4. The Morgan fingerprint density at radius 3 is 2.35 bits per heavy atom. The van der Waals surface area contributed by atoms with Crippen molar-refractivity contribution in [2.75, 3.05) is 19.5 Å². The number of thiocarbonyl (C=S) groups is 1. The van der Waals surface area contributed by atoms with Crippen molar-refractivity contribution in [1.29, 1.82) is 0 Å². The van der Waals surface area contributed by atoms with Gasteiger partial charge in [0.05, 0.1) is 26.0 Å². The lowest BCUT2D eigenvalue weighted by molar-refractivity contribution is 0.0729. The molecule has 0 fully saturated rings. The lowest BCUT2D eigenvalue weighted by Crippen LogP contribution is -2.23. The van der Waals surface area contributed by atoms with Gasteiger partial charge in [0, 0.05) is 5.69 Å². The lowest BCUT2D eigenvalue weighted by atomic mass is 10.2. The molecular formula is C23H21N3O4S. The van der Waals surface area contributed by atoms with Crippen molar-refractivity contribution < 1.29 is 19.0 Å². The van der Waals surface area contributed by atoms with Crippen molar-refractivity contribution in [2.45, 2.75) is 0 Å². The molecule has 0 saturated heterocycles. The van der Waals surface area contributed by atoms with Gasteiger partial charge in [-0.3, -0.25) is 5.43 Å². The topological polar surface area (TPSA) is 81.2 Å². The summed E-state index contributed by atoms with van der Waals surface area (Å²) in [5.41, 5.74) is 4.74. The number of benzene rings is 3. The first-order valence-electron chi connectivity index (χ1n) is 9.28. The number of carbonyl (C=O) groups excluding carboxylic acids is 1. The summed E-state index contributed by atoms with van der Waals surface area (Å²) in [4.78, 5) is 12.3. The van der Waals surface area contributed by atoms with Gasteiger partial charge in [-0.2, -0.15) is 5.10 Å². The summed E-state index contributed by atoms with van der Waals surface area (Å²) in [6, 6.07) is 21.2. The summed E-state index contributed by atoms with van der Waals surface area (Å²) >= 11 is 5.23. The second kappa shape index (κ2) is 10.7.